The Bertz CT molecular complexity index is 551. The van der Waals surface area contributed by atoms with Crippen molar-refractivity contribution >= 4 is 0 Å². The Balaban J connectivity index is 2.17. The van der Waals surface area contributed by atoms with Gasteiger partial charge in [0.25, 0.3) is 0 Å². The Kier molecular flexibility index (Phi) is 4.94. The van der Waals surface area contributed by atoms with Crippen LogP contribution in [-0.2, 0) is 0 Å². The van der Waals surface area contributed by atoms with Crippen molar-refractivity contribution in [2.45, 2.75) is 32.9 Å². The molecule has 2 aromatic carbocycles. The zero-order chi connectivity index (χ0) is 14.5. The molecule has 0 heterocycles. The second-order valence-electron chi connectivity index (χ2n) is 5.39. The largest absolute Gasteiger partial charge is 0.394 e. The van der Waals surface area contributed by atoms with Crippen molar-refractivity contribution in [1.29, 1.82) is 0 Å². The third-order valence-corrected chi connectivity index (χ3v) is 3.74. The molecule has 2 rings (SSSR count). The average Bonchev–Trinajstić information content (AvgIpc) is 2.48. The molecule has 0 spiro atoms. The molecular weight excluding hydrogens is 246 g/mol. The lowest BCUT2D eigenvalue weighted by Gasteiger charge is -2.24. The maximum atomic E-state index is 9.64. The number of aliphatic hydroxyl groups excluding tert-OH is 1. The van der Waals surface area contributed by atoms with Gasteiger partial charge in [0, 0.05) is 6.04 Å². The summed E-state index contributed by atoms with van der Waals surface area (Å²) in [5, 5.41) is 13.2. The first kappa shape index (κ1) is 14.8. The third kappa shape index (κ3) is 3.47. The van der Waals surface area contributed by atoms with E-state index in [0.29, 0.717) is 0 Å². The van der Waals surface area contributed by atoms with Gasteiger partial charge in [-0.3, -0.25) is 0 Å². The number of aliphatic hydroxyl groups is 1. The smallest absolute Gasteiger partial charge is 0.0626 e. The number of aryl methyl sites for hydroxylation is 2. The predicted octanol–water partition coefficient (Wildman–Crippen LogP) is 3.69. The van der Waals surface area contributed by atoms with Crippen LogP contribution in [0.1, 0.15) is 41.3 Å². The Morgan fingerprint density at radius 2 is 1.75 bits per heavy atom. The molecule has 2 N–H and O–H groups in total. The van der Waals surface area contributed by atoms with Gasteiger partial charge in [-0.1, -0.05) is 54.1 Å². The van der Waals surface area contributed by atoms with Gasteiger partial charge < -0.3 is 10.4 Å². The topological polar surface area (TPSA) is 32.3 Å². The number of benzene rings is 2. The molecule has 0 fully saturated rings. The minimum absolute atomic E-state index is 0.0360. The highest BCUT2D eigenvalue weighted by atomic mass is 16.3. The molecule has 0 saturated heterocycles. The molecule has 2 atom stereocenters. The average molecular weight is 269 g/mol. The molecule has 0 saturated carbocycles. The normalized spacial score (nSPS) is 14.0. The highest BCUT2D eigenvalue weighted by Crippen LogP contribution is 2.22. The molecule has 20 heavy (non-hydrogen) atoms. The van der Waals surface area contributed by atoms with E-state index >= 15 is 0 Å². The number of hydrogen-bond donors (Lipinski definition) is 2. The first-order valence-electron chi connectivity index (χ1n) is 7.11. The van der Waals surface area contributed by atoms with Crippen molar-refractivity contribution < 1.29 is 5.11 Å². The van der Waals surface area contributed by atoms with E-state index in [1.165, 1.54) is 16.7 Å². The van der Waals surface area contributed by atoms with Crippen LogP contribution in [0, 0.1) is 13.8 Å². The van der Waals surface area contributed by atoms with Crippen LogP contribution < -0.4 is 5.32 Å². The van der Waals surface area contributed by atoms with Gasteiger partial charge in [0.05, 0.1) is 12.6 Å². The number of hydrogen-bond acceptors (Lipinski definition) is 2. The summed E-state index contributed by atoms with van der Waals surface area (Å²) in [6.07, 6.45) is 0. The summed E-state index contributed by atoms with van der Waals surface area (Å²) >= 11 is 0. The predicted molar refractivity (Wildman–Crippen MR) is 83.7 cm³/mol. The van der Waals surface area contributed by atoms with E-state index in [0.717, 1.165) is 5.56 Å². The number of rotatable bonds is 5. The monoisotopic (exact) mass is 269 g/mol. The van der Waals surface area contributed by atoms with E-state index in [2.05, 4.69) is 44.3 Å². The fourth-order valence-electron chi connectivity index (χ4n) is 2.56. The molecule has 0 aliphatic rings. The lowest BCUT2D eigenvalue weighted by Crippen LogP contribution is -2.27. The Morgan fingerprint density at radius 3 is 2.40 bits per heavy atom. The molecule has 0 aliphatic heterocycles. The highest BCUT2D eigenvalue weighted by molar-refractivity contribution is 5.33. The molecule has 0 radical (unpaired) electrons. The standard InChI is InChI=1S/C18H23NO/c1-13-9-10-14(2)17(11-13)15(3)19-18(12-20)16-7-5-4-6-8-16/h4-11,15,18-20H,12H2,1-3H3. The lowest BCUT2D eigenvalue weighted by molar-refractivity contribution is 0.235. The molecule has 2 aromatic rings. The molecule has 0 bridgehead atoms. The Labute approximate surface area is 121 Å². The molecular formula is C18H23NO. The van der Waals surface area contributed by atoms with E-state index < -0.39 is 0 Å². The summed E-state index contributed by atoms with van der Waals surface area (Å²) in [7, 11) is 0. The summed E-state index contributed by atoms with van der Waals surface area (Å²) in [5.41, 5.74) is 4.95. The minimum atomic E-state index is -0.0360. The van der Waals surface area contributed by atoms with Crippen LogP contribution in [0.15, 0.2) is 48.5 Å². The van der Waals surface area contributed by atoms with E-state index in [1.807, 2.05) is 30.3 Å². The van der Waals surface area contributed by atoms with Gasteiger partial charge in [-0.25, -0.2) is 0 Å². The second-order valence-corrected chi connectivity index (χ2v) is 5.39. The zero-order valence-corrected chi connectivity index (χ0v) is 12.4. The first-order valence-corrected chi connectivity index (χ1v) is 7.11. The van der Waals surface area contributed by atoms with Crippen LogP contribution in [-0.4, -0.2) is 11.7 Å². The van der Waals surface area contributed by atoms with E-state index in [-0.39, 0.29) is 18.7 Å². The van der Waals surface area contributed by atoms with E-state index in [4.69, 9.17) is 0 Å². The summed E-state index contributed by atoms with van der Waals surface area (Å²) in [5.74, 6) is 0. The Morgan fingerprint density at radius 1 is 1.05 bits per heavy atom. The van der Waals surface area contributed by atoms with Gasteiger partial charge >= 0.3 is 0 Å². The second kappa shape index (κ2) is 6.69. The van der Waals surface area contributed by atoms with Gasteiger partial charge in [-0.05, 0) is 37.5 Å². The SMILES string of the molecule is Cc1ccc(C)c(C(C)NC(CO)c2ccccc2)c1. The van der Waals surface area contributed by atoms with Gasteiger partial charge in [0.2, 0.25) is 0 Å². The molecule has 0 aromatic heterocycles. The zero-order valence-electron chi connectivity index (χ0n) is 12.4. The number of nitrogens with one attached hydrogen (secondary N) is 1. The van der Waals surface area contributed by atoms with Gasteiger partial charge in [-0.15, -0.1) is 0 Å². The summed E-state index contributed by atoms with van der Waals surface area (Å²) in [6.45, 7) is 6.48. The van der Waals surface area contributed by atoms with E-state index in [1.54, 1.807) is 0 Å². The van der Waals surface area contributed by atoms with Gasteiger partial charge in [0.1, 0.15) is 0 Å². The van der Waals surface area contributed by atoms with Gasteiger partial charge in [-0.2, -0.15) is 0 Å². The fraction of sp³-hybridized carbons (Fsp3) is 0.333. The quantitative estimate of drug-likeness (QED) is 0.867. The van der Waals surface area contributed by atoms with Crippen molar-refractivity contribution in [3.8, 4) is 0 Å². The molecule has 0 amide bonds. The van der Waals surface area contributed by atoms with Crippen LogP contribution in [0.5, 0.6) is 0 Å². The van der Waals surface area contributed by atoms with Crippen molar-refractivity contribution in [3.05, 3.63) is 70.8 Å². The van der Waals surface area contributed by atoms with Crippen LogP contribution in [0.4, 0.5) is 0 Å². The fourth-order valence-corrected chi connectivity index (χ4v) is 2.56. The van der Waals surface area contributed by atoms with Crippen LogP contribution in [0.25, 0.3) is 0 Å². The van der Waals surface area contributed by atoms with Crippen molar-refractivity contribution in [2.24, 2.45) is 0 Å². The summed E-state index contributed by atoms with van der Waals surface area (Å²) < 4.78 is 0. The first-order chi connectivity index (χ1) is 9.61. The van der Waals surface area contributed by atoms with Crippen LogP contribution in [0.3, 0.4) is 0 Å². The molecule has 2 nitrogen and oxygen atoms in total. The molecule has 0 aliphatic carbocycles. The molecule has 2 unspecified atom stereocenters. The Hall–Kier alpha value is -1.64. The maximum Gasteiger partial charge on any atom is 0.0626 e. The minimum Gasteiger partial charge on any atom is -0.394 e. The van der Waals surface area contributed by atoms with Gasteiger partial charge in [0.15, 0.2) is 0 Å². The highest BCUT2D eigenvalue weighted by Gasteiger charge is 2.15. The molecule has 106 valence electrons. The van der Waals surface area contributed by atoms with Crippen molar-refractivity contribution in [1.82, 2.24) is 5.32 Å². The van der Waals surface area contributed by atoms with E-state index in [9.17, 15) is 5.11 Å². The lowest BCUT2D eigenvalue weighted by atomic mass is 9.98. The van der Waals surface area contributed by atoms with Crippen LogP contribution in [0.2, 0.25) is 0 Å². The van der Waals surface area contributed by atoms with Crippen molar-refractivity contribution in [3.63, 3.8) is 0 Å². The maximum absolute atomic E-state index is 9.64. The molecule has 2 heteroatoms. The summed E-state index contributed by atoms with van der Waals surface area (Å²) in [4.78, 5) is 0. The third-order valence-electron chi connectivity index (χ3n) is 3.74. The van der Waals surface area contributed by atoms with Crippen molar-refractivity contribution in [2.75, 3.05) is 6.61 Å². The summed E-state index contributed by atoms with van der Waals surface area (Å²) in [6, 6.07) is 16.8. The van der Waals surface area contributed by atoms with Crippen LogP contribution >= 0.6 is 0 Å².